The minimum Gasteiger partial charge on any atom is -0.309 e. The number of benzene rings is 1. The summed E-state index contributed by atoms with van der Waals surface area (Å²) in [4.78, 5) is 0. The summed E-state index contributed by atoms with van der Waals surface area (Å²) < 4.78 is 5.32. The van der Waals surface area contributed by atoms with Gasteiger partial charge in [0.05, 0.1) is 11.7 Å². The van der Waals surface area contributed by atoms with E-state index in [1.165, 1.54) is 27.2 Å². The molecular formula is C14H15N3S2. The van der Waals surface area contributed by atoms with Crippen LogP contribution in [0.2, 0.25) is 0 Å². The first-order chi connectivity index (χ1) is 9.38. The Morgan fingerprint density at radius 3 is 2.95 bits per heavy atom. The van der Waals surface area contributed by atoms with Crippen molar-refractivity contribution >= 4 is 33.0 Å². The summed E-state index contributed by atoms with van der Waals surface area (Å²) in [6.45, 7) is 3.06. The zero-order valence-electron chi connectivity index (χ0n) is 10.7. The third-order valence-corrected chi connectivity index (χ3v) is 4.70. The van der Waals surface area contributed by atoms with Gasteiger partial charge in [-0.15, -0.1) is 16.4 Å². The number of rotatable bonds is 5. The molecule has 0 spiro atoms. The molecule has 0 aliphatic carbocycles. The average molecular weight is 289 g/mol. The summed E-state index contributed by atoms with van der Waals surface area (Å²) in [7, 11) is 0. The number of fused-ring (bicyclic) bond motifs is 1. The number of likely N-dealkylation sites (N-methyl/N-ethyl adjacent to an activating group) is 1. The van der Waals surface area contributed by atoms with Crippen molar-refractivity contribution < 1.29 is 0 Å². The van der Waals surface area contributed by atoms with Crippen LogP contribution >= 0.6 is 22.9 Å². The normalized spacial score (nSPS) is 12.9. The van der Waals surface area contributed by atoms with E-state index in [9.17, 15) is 0 Å². The summed E-state index contributed by atoms with van der Waals surface area (Å²) in [6.07, 6.45) is 0.962. The SMILES string of the molecule is CCNC(Cc1csc2ccccc12)c1csnn1. The second-order valence-corrected chi connectivity index (χ2v) is 5.92. The van der Waals surface area contributed by atoms with Crippen LogP contribution in [0.4, 0.5) is 0 Å². The van der Waals surface area contributed by atoms with Crippen molar-refractivity contribution in [1.29, 1.82) is 0 Å². The number of aromatic nitrogens is 2. The lowest BCUT2D eigenvalue weighted by atomic mass is 10.0. The largest absolute Gasteiger partial charge is 0.309 e. The second-order valence-electron chi connectivity index (χ2n) is 4.40. The third-order valence-electron chi connectivity index (χ3n) is 3.17. The maximum absolute atomic E-state index is 4.21. The summed E-state index contributed by atoms with van der Waals surface area (Å²) in [6, 6.07) is 8.82. The topological polar surface area (TPSA) is 37.8 Å². The maximum Gasteiger partial charge on any atom is 0.0928 e. The van der Waals surface area contributed by atoms with Crippen LogP contribution in [0.3, 0.4) is 0 Å². The number of thiophene rings is 1. The van der Waals surface area contributed by atoms with Crippen LogP contribution < -0.4 is 5.32 Å². The van der Waals surface area contributed by atoms with Crippen molar-refractivity contribution in [2.75, 3.05) is 6.54 Å². The lowest BCUT2D eigenvalue weighted by Crippen LogP contribution is -2.23. The average Bonchev–Trinajstić information content (AvgIpc) is 3.08. The first kappa shape index (κ1) is 12.7. The molecular weight excluding hydrogens is 274 g/mol. The van der Waals surface area contributed by atoms with Gasteiger partial charge < -0.3 is 5.32 Å². The van der Waals surface area contributed by atoms with Crippen LogP contribution in [0.25, 0.3) is 10.1 Å². The summed E-state index contributed by atoms with van der Waals surface area (Å²) in [5, 5.41) is 13.4. The molecule has 0 bridgehead atoms. The highest BCUT2D eigenvalue weighted by atomic mass is 32.1. The molecule has 1 N–H and O–H groups in total. The smallest absolute Gasteiger partial charge is 0.0928 e. The van der Waals surface area contributed by atoms with Gasteiger partial charge in [-0.3, -0.25) is 0 Å². The number of hydrogen-bond acceptors (Lipinski definition) is 5. The molecule has 2 heterocycles. The van der Waals surface area contributed by atoms with E-state index in [4.69, 9.17) is 0 Å². The molecule has 0 radical (unpaired) electrons. The standard InChI is InChI=1S/C14H15N3S2/c1-2-15-12(13-9-19-17-16-13)7-10-8-18-14-6-4-3-5-11(10)14/h3-6,8-9,12,15H,2,7H2,1H3. The number of hydrogen-bond donors (Lipinski definition) is 1. The van der Waals surface area contributed by atoms with Gasteiger partial charge in [0, 0.05) is 10.1 Å². The lowest BCUT2D eigenvalue weighted by Gasteiger charge is -2.14. The predicted molar refractivity (Wildman–Crippen MR) is 81.9 cm³/mol. The van der Waals surface area contributed by atoms with Gasteiger partial charge in [0.1, 0.15) is 0 Å². The van der Waals surface area contributed by atoms with Crippen LogP contribution in [-0.2, 0) is 6.42 Å². The quantitative estimate of drug-likeness (QED) is 0.779. The van der Waals surface area contributed by atoms with Gasteiger partial charge in [0.2, 0.25) is 0 Å². The maximum atomic E-state index is 4.21. The highest BCUT2D eigenvalue weighted by Crippen LogP contribution is 2.29. The third kappa shape index (κ3) is 2.68. The van der Waals surface area contributed by atoms with Gasteiger partial charge in [-0.05, 0) is 46.9 Å². The Hall–Kier alpha value is -1.30. The molecule has 0 saturated carbocycles. The molecule has 0 aliphatic heterocycles. The molecule has 1 unspecified atom stereocenters. The van der Waals surface area contributed by atoms with Crippen molar-refractivity contribution in [2.45, 2.75) is 19.4 Å². The van der Waals surface area contributed by atoms with E-state index in [0.29, 0.717) is 0 Å². The van der Waals surface area contributed by atoms with Gasteiger partial charge in [0.25, 0.3) is 0 Å². The fourth-order valence-corrected chi connectivity index (χ4v) is 3.75. The fourth-order valence-electron chi connectivity index (χ4n) is 2.26. The minimum absolute atomic E-state index is 0.252. The van der Waals surface area contributed by atoms with Gasteiger partial charge in [-0.2, -0.15) is 0 Å². The zero-order chi connectivity index (χ0) is 13.1. The van der Waals surface area contributed by atoms with E-state index in [1.807, 2.05) is 16.7 Å². The highest BCUT2D eigenvalue weighted by molar-refractivity contribution is 7.17. The van der Waals surface area contributed by atoms with Gasteiger partial charge >= 0.3 is 0 Å². The Balaban J connectivity index is 1.89. The Kier molecular flexibility index (Phi) is 3.87. The molecule has 98 valence electrons. The molecule has 0 fully saturated rings. The molecule has 3 aromatic rings. The van der Waals surface area contributed by atoms with Gasteiger partial charge in [-0.25, -0.2) is 0 Å². The van der Waals surface area contributed by atoms with Crippen molar-refractivity contribution in [3.8, 4) is 0 Å². The van der Waals surface area contributed by atoms with E-state index in [-0.39, 0.29) is 6.04 Å². The zero-order valence-corrected chi connectivity index (χ0v) is 12.3. The van der Waals surface area contributed by atoms with E-state index in [1.54, 1.807) is 0 Å². The van der Waals surface area contributed by atoms with E-state index in [0.717, 1.165) is 18.7 Å². The molecule has 0 saturated heterocycles. The number of nitrogens with one attached hydrogen (secondary N) is 1. The molecule has 3 nitrogen and oxygen atoms in total. The fraction of sp³-hybridized carbons (Fsp3) is 0.286. The van der Waals surface area contributed by atoms with Crippen LogP contribution in [0.1, 0.15) is 24.2 Å². The Morgan fingerprint density at radius 2 is 2.16 bits per heavy atom. The van der Waals surface area contributed by atoms with Crippen molar-refractivity contribution in [3.05, 3.63) is 46.3 Å². The molecule has 19 heavy (non-hydrogen) atoms. The Labute approximate surface area is 120 Å². The second kappa shape index (κ2) is 5.77. The van der Waals surface area contributed by atoms with Crippen molar-refractivity contribution in [1.82, 2.24) is 14.9 Å². The Morgan fingerprint density at radius 1 is 1.26 bits per heavy atom. The summed E-state index contributed by atoms with van der Waals surface area (Å²) >= 11 is 3.22. The molecule has 2 aromatic heterocycles. The van der Waals surface area contributed by atoms with Crippen LogP contribution in [0.15, 0.2) is 35.0 Å². The molecule has 0 amide bonds. The van der Waals surface area contributed by atoms with Gasteiger partial charge in [-0.1, -0.05) is 29.6 Å². The van der Waals surface area contributed by atoms with Crippen molar-refractivity contribution in [2.24, 2.45) is 0 Å². The van der Waals surface area contributed by atoms with Crippen LogP contribution in [-0.4, -0.2) is 16.1 Å². The molecule has 1 atom stereocenters. The highest BCUT2D eigenvalue weighted by Gasteiger charge is 2.16. The first-order valence-corrected chi connectivity index (χ1v) is 8.05. The summed E-state index contributed by atoms with van der Waals surface area (Å²) in [5.74, 6) is 0. The monoisotopic (exact) mass is 289 g/mol. The first-order valence-electron chi connectivity index (χ1n) is 6.34. The Bertz CT molecular complexity index is 646. The van der Waals surface area contributed by atoms with E-state index >= 15 is 0 Å². The predicted octanol–water partition coefficient (Wildman–Crippen LogP) is 3.65. The minimum atomic E-state index is 0.252. The van der Waals surface area contributed by atoms with Crippen LogP contribution in [0.5, 0.6) is 0 Å². The van der Waals surface area contributed by atoms with E-state index < -0.39 is 0 Å². The van der Waals surface area contributed by atoms with Gasteiger partial charge in [0.15, 0.2) is 0 Å². The van der Waals surface area contributed by atoms with Crippen LogP contribution in [0, 0.1) is 0 Å². The summed E-state index contributed by atoms with van der Waals surface area (Å²) in [5.41, 5.74) is 2.43. The van der Waals surface area contributed by atoms with E-state index in [2.05, 4.69) is 51.5 Å². The molecule has 3 rings (SSSR count). The molecule has 5 heteroatoms. The van der Waals surface area contributed by atoms with Crippen molar-refractivity contribution in [3.63, 3.8) is 0 Å². The molecule has 0 aliphatic rings. The molecule has 1 aromatic carbocycles. The lowest BCUT2D eigenvalue weighted by molar-refractivity contribution is 0.537. The number of nitrogens with zero attached hydrogens (tertiary/aromatic N) is 2.